The smallest absolute Gasteiger partial charge is 0.126 e. The van der Waals surface area contributed by atoms with E-state index < -0.39 is 0 Å². The fourth-order valence-corrected chi connectivity index (χ4v) is 1.72. The minimum absolute atomic E-state index is 0.0381. The van der Waals surface area contributed by atoms with Gasteiger partial charge in [0.1, 0.15) is 17.7 Å². The number of halogens is 1. The van der Waals surface area contributed by atoms with Crippen LogP contribution in [0.15, 0.2) is 24.3 Å². The first-order valence-electron chi connectivity index (χ1n) is 6.27. The van der Waals surface area contributed by atoms with Crippen LogP contribution in [0.2, 0.25) is 0 Å². The van der Waals surface area contributed by atoms with E-state index in [-0.39, 0.29) is 11.9 Å². The van der Waals surface area contributed by atoms with Crippen molar-refractivity contribution >= 4 is 0 Å². The predicted octanol–water partition coefficient (Wildman–Crippen LogP) is 3.37. The average molecular weight is 239 g/mol. The van der Waals surface area contributed by atoms with Crippen molar-refractivity contribution in [3.05, 3.63) is 30.1 Å². The van der Waals surface area contributed by atoms with Gasteiger partial charge >= 0.3 is 0 Å². The Bertz CT molecular complexity index is 330. The van der Waals surface area contributed by atoms with Gasteiger partial charge in [0.2, 0.25) is 0 Å². The molecule has 0 spiro atoms. The van der Waals surface area contributed by atoms with Gasteiger partial charge < -0.3 is 10.1 Å². The van der Waals surface area contributed by atoms with E-state index in [4.69, 9.17) is 4.74 Å². The molecular weight excluding hydrogens is 217 g/mol. The van der Waals surface area contributed by atoms with Crippen LogP contribution in [0.3, 0.4) is 0 Å². The molecule has 0 amide bonds. The zero-order valence-electron chi connectivity index (χ0n) is 10.9. The molecule has 0 aromatic heterocycles. The normalized spacial score (nSPS) is 14.4. The van der Waals surface area contributed by atoms with Crippen molar-refractivity contribution in [2.45, 2.75) is 45.8 Å². The summed E-state index contributed by atoms with van der Waals surface area (Å²) in [7, 11) is 0. The minimum Gasteiger partial charge on any atom is -0.489 e. The maximum Gasteiger partial charge on any atom is 0.126 e. The highest BCUT2D eigenvalue weighted by molar-refractivity contribution is 5.22. The molecule has 2 atom stereocenters. The van der Waals surface area contributed by atoms with Gasteiger partial charge in [-0.05, 0) is 32.4 Å². The second-order valence-corrected chi connectivity index (χ2v) is 4.48. The van der Waals surface area contributed by atoms with E-state index >= 15 is 0 Å². The van der Waals surface area contributed by atoms with E-state index in [1.807, 2.05) is 6.92 Å². The second-order valence-electron chi connectivity index (χ2n) is 4.48. The fourth-order valence-electron chi connectivity index (χ4n) is 1.72. The Balaban J connectivity index is 2.32. The molecule has 0 saturated carbocycles. The van der Waals surface area contributed by atoms with Gasteiger partial charge in [-0.1, -0.05) is 19.4 Å². The van der Waals surface area contributed by atoms with Crippen LogP contribution in [0.5, 0.6) is 5.75 Å². The van der Waals surface area contributed by atoms with Crippen LogP contribution < -0.4 is 10.1 Å². The zero-order valence-corrected chi connectivity index (χ0v) is 10.9. The van der Waals surface area contributed by atoms with Crippen LogP contribution in [0, 0.1) is 5.82 Å². The van der Waals surface area contributed by atoms with Crippen molar-refractivity contribution in [3.63, 3.8) is 0 Å². The summed E-state index contributed by atoms with van der Waals surface area (Å²) in [4.78, 5) is 0. The maximum atomic E-state index is 12.9. The molecule has 0 heterocycles. The lowest BCUT2D eigenvalue weighted by atomic mass is 10.2. The van der Waals surface area contributed by atoms with E-state index in [2.05, 4.69) is 19.2 Å². The molecule has 0 aliphatic carbocycles. The molecule has 0 fully saturated rings. The second kappa shape index (κ2) is 7.28. The van der Waals surface area contributed by atoms with Crippen molar-refractivity contribution in [1.29, 1.82) is 0 Å². The van der Waals surface area contributed by atoms with Crippen molar-refractivity contribution in [2.75, 3.05) is 6.54 Å². The molecule has 1 N–H and O–H groups in total. The lowest BCUT2D eigenvalue weighted by Crippen LogP contribution is -2.34. The molecule has 3 heteroatoms. The third-order valence-corrected chi connectivity index (χ3v) is 2.61. The van der Waals surface area contributed by atoms with Crippen LogP contribution >= 0.6 is 0 Å². The summed E-state index contributed by atoms with van der Waals surface area (Å²) in [6, 6.07) is 6.75. The average Bonchev–Trinajstić information content (AvgIpc) is 2.27. The van der Waals surface area contributed by atoms with Gasteiger partial charge in [-0.3, -0.25) is 0 Å². The van der Waals surface area contributed by atoms with E-state index in [0.29, 0.717) is 11.8 Å². The Kier molecular flexibility index (Phi) is 5.98. The maximum absolute atomic E-state index is 12.9. The molecule has 17 heavy (non-hydrogen) atoms. The predicted molar refractivity (Wildman–Crippen MR) is 68.9 cm³/mol. The standard InChI is InChI=1S/C14H22FNO/c1-4-6-11(2)16-10-12(3)17-14-8-5-7-13(15)9-14/h5,7-9,11-12,16H,4,6,10H2,1-3H3. The molecule has 0 aliphatic rings. The Morgan fingerprint density at radius 3 is 2.76 bits per heavy atom. The van der Waals surface area contributed by atoms with Crippen LogP contribution in [-0.4, -0.2) is 18.7 Å². The number of nitrogens with one attached hydrogen (secondary N) is 1. The Morgan fingerprint density at radius 2 is 2.12 bits per heavy atom. The molecule has 2 nitrogen and oxygen atoms in total. The van der Waals surface area contributed by atoms with Gasteiger partial charge in [-0.25, -0.2) is 4.39 Å². The van der Waals surface area contributed by atoms with Crippen LogP contribution in [0.4, 0.5) is 4.39 Å². The van der Waals surface area contributed by atoms with Gasteiger partial charge in [-0.15, -0.1) is 0 Å². The first-order valence-corrected chi connectivity index (χ1v) is 6.27. The van der Waals surface area contributed by atoms with Crippen molar-refractivity contribution in [1.82, 2.24) is 5.32 Å². The summed E-state index contributed by atoms with van der Waals surface area (Å²) in [6.45, 7) is 7.09. The Hall–Kier alpha value is -1.09. The summed E-state index contributed by atoms with van der Waals surface area (Å²) >= 11 is 0. The van der Waals surface area contributed by atoms with Crippen LogP contribution in [-0.2, 0) is 0 Å². The summed E-state index contributed by atoms with van der Waals surface area (Å²) in [5.41, 5.74) is 0. The highest BCUT2D eigenvalue weighted by Gasteiger charge is 2.06. The number of benzene rings is 1. The highest BCUT2D eigenvalue weighted by atomic mass is 19.1. The van der Waals surface area contributed by atoms with Gasteiger partial charge in [0.05, 0.1) is 0 Å². The molecule has 1 rings (SSSR count). The number of hydrogen-bond acceptors (Lipinski definition) is 2. The number of rotatable bonds is 7. The lowest BCUT2D eigenvalue weighted by molar-refractivity contribution is 0.210. The SMILES string of the molecule is CCCC(C)NCC(C)Oc1cccc(F)c1. The molecule has 1 aromatic rings. The Labute approximate surface area is 103 Å². The van der Waals surface area contributed by atoms with E-state index in [1.54, 1.807) is 12.1 Å². The summed E-state index contributed by atoms with van der Waals surface area (Å²) in [5.74, 6) is 0.324. The first-order chi connectivity index (χ1) is 8.11. The molecule has 0 radical (unpaired) electrons. The molecular formula is C14H22FNO. The lowest BCUT2D eigenvalue weighted by Gasteiger charge is -2.18. The summed E-state index contributed by atoms with van der Waals surface area (Å²) in [5, 5.41) is 3.40. The molecule has 96 valence electrons. The third kappa shape index (κ3) is 5.68. The van der Waals surface area contributed by atoms with Crippen molar-refractivity contribution < 1.29 is 9.13 Å². The van der Waals surface area contributed by atoms with Crippen LogP contribution in [0.1, 0.15) is 33.6 Å². The largest absolute Gasteiger partial charge is 0.489 e. The monoisotopic (exact) mass is 239 g/mol. The zero-order chi connectivity index (χ0) is 12.7. The highest BCUT2D eigenvalue weighted by Crippen LogP contribution is 2.13. The molecule has 0 bridgehead atoms. The molecule has 0 aliphatic heterocycles. The van der Waals surface area contributed by atoms with Gasteiger partial charge in [0, 0.05) is 18.7 Å². The summed E-state index contributed by atoms with van der Waals surface area (Å²) < 4.78 is 18.6. The Morgan fingerprint density at radius 1 is 1.35 bits per heavy atom. The number of hydrogen-bond donors (Lipinski definition) is 1. The van der Waals surface area contributed by atoms with Gasteiger partial charge in [0.15, 0.2) is 0 Å². The quantitative estimate of drug-likeness (QED) is 0.787. The van der Waals surface area contributed by atoms with E-state index in [9.17, 15) is 4.39 Å². The third-order valence-electron chi connectivity index (χ3n) is 2.61. The van der Waals surface area contributed by atoms with Crippen LogP contribution in [0.25, 0.3) is 0 Å². The first kappa shape index (κ1) is 14.0. The molecule has 1 aromatic carbocycles. The van der Waals surface area contributed by atoms with E-state index in [0.717, 1.165) is 13.0 Å². The molecule has 0 saturated heterocycles. The number of ether oxygens (including phenoxy) is 1. The van der Waals surface area contributed by atoms with Crippen molar-refractivity contribution in [3.8, 4) is 5.75 Å². The fraction of sp³-hybridized carbons (Fsp3) is 0.571. The topological polar surface area (TPSA) is 21.3 Å². The molecule has 2 unspecified atom stereocenters. The minimum atomic E-state index is -0.262. The van der Waals surface area contributed by atoms with E-state index in [1.165, 1.54) is 18.6 Å². The van der Waals surface area contributed by atoms with Crippen molar-refractivity contribution in [2.24, 2.45) is 0 Å². The van der Waals surface area contributed by atoms with Gasteiger partial charge in [-0.2, -0.15) is 0 Å². The summed E-state index contributed by atoms with van der Waals surface area (Å²) in [6.07, 6.45) is 2.37. The van der Waals surface area contributed by atoms with Gasteiger partial charge in [0.25, 0.3) is 0 Å².